The fraction of sp³-hybridized carbons (Fsp3) is 0.125. The first-order valence-corrected chi connectivity index (χ1v) is 9.46. The normalized spacial score (nSPS) is 11.9. The van der Waals surface area contributed by atoms with Gasteiger partial charge in [0, 0.05) is 18.2 Å². The number of fused-ring (bicyclic) bond motifs is 1. The monoisotopic (exact) mass is 383 g/mol. The second-order valence-electron chi connectivity index (χ2n) is 7.00. The molecule has 1 amide bonds. The zero-order chi connectivity index (χ0) is 20.4. The van der Waals surface area contributed by atoms with Gasteiger partial charge in [-0.25, -0.2) is 4.98 Å². The average Bonchev–Trinajstić information content (AvgIpc) is 2.77. The largest absolute Gasteiger partial charge is 0.346 e. The number of para-hydroxylation sites is 2. The first-order valence-electron chi connectivity index (χ1n) is 9.46. The minimum absolute atomic E-state index is 0.0992. The van der Waals surface area contributed by atoms with Gasteiger partial charge in [0.1, 0.15) is 5.69 Å². The summed E-state index contributed by atoms with van der Waals surface area (Å²) in [7, 11) is 1.74. The number of nitrogens with one attached hydrogen (secondary N) is 1. The molecule has 29 heavy (non-hydrogen) atoms. The van der Waals surface area contributed by atoms with Crippen molar-refractivity contribution >= 4 is 16.9 Å². The molecule has 0 bridgehead atoms. The maximum Gasteiger partial charge on any atom is 0.277 e. The van der Waals surface area contributed by atoms with Gasteiger partial charge in [-0.05, 0) is 36.8 Å². The van der Waals surface area contributed by atoms with Gasteiger partial charge < -0.3 is 9.88 Å². The topological polar surface area (TPSA) is 64.0 Å². The summed E-state index contributed by atoms with van der Waals surface area (Å²) in [6.45, 7) is 1.95. The van der Waals surface area contributed by atoms with E-state index in [-0.39, 0.29) is 17.5 Å². The third-order valence-corrected chi connectivity index (χ3v) is 5.05. The number of amides is 1. The lowest BCUT2D eigenvalue weighted by atomic mass is 10.1. The van der Waals surface area contributed by atoms with Crippen molar-refractivity contribution < 1.29 is 4.79 Å². The van der Waals surface area contributed by atoms with Crippen LogP contribution in [0.4, 0.5) is 0 Å². The quantitative estimate of drug-likeness (QED) is 0.577. The first kappa shape index (κ1) is 18.6. The fourth-order valence-corrected chi connectivity index (χ4v) is 3.35. The zero-order valence-corrected chi connectivity index (χ0v) is 16.3. The van der Waals surface area contributed by atoms with Gasteiger partial charge in [0.05, 0.1) is 17.1 Å². The van der Waals surface area contributed by atoms with Gasteiger partial charge in [-0.3, -0.25) is 9.59 Å². The van der Waals surface area contributed by atoms with Crippen molar-refractivity contribution in [2.45, 2.75) is 13.0 Å². The predicted octanol–water partition coefficient (Wildman–Crippen LogP) is 4.09. The molecule has 0 saturated heterocycles. The van der Waals surface area contributed by atoms with Crippen LogP contribution in [-0.4, -0.2) is 15.5 Å². The molecule has 4 rings (SSSR count). The SMILES string of the molecule is CC(NC(=O)c1ccc(-c2nc3ccccc3n(C)c2=O)cc1)c1ccccc1. The van der Waals surface area contributed by atoms with Crippen LogP contribution in [0.25, 0.3) is 22.3 Å². The molecular formula is C24H21N3O2. The van der Waals surface area contributed by atoms with E-state index in [4.69, 9.17) is 0 Å². The number of hydrogen-bond acceptors (Lipinski definition) is 3. The standard InChI is InChI=1S/C24H21N3O2/c1-16(17-8-4-3-5-9-17)25-23(28)19-14-12-18(13-15-19)22-24(29)27(2)21-11-7-6-10-20(21)26-22/h3-16H,1-2H3,(H,25,28). The van der Waals surface area contributed by atoms with E-state index in [1.807, 2.05) is 61.5 Å². The van der Waals surface area contributed by atoms with Crippen LogP contribution >= 0.6 is 0 Å². The molecule has 3 aromatic carbocycles. The number of rotatable bonds is 4. The Hall–Kier alpha value is -3.73. The highest BCUT2D eigenvalue weighted by Crippen LogP contribution is 2.19. The summed E-state index contributed by atoms with van der Waals surface area (Å²) < 4.78 is 1.60. The molecule has 0 saturated carbocycles. The van der Waals surface area contributed by atoms with Crippen molar-refractivity contribution in [2.24, 2.45) is 7.05 Å². The van der Waals surface area contributed by atoms with Gasteiger partial charge in [0.15, 0.2) is 0 Å². The van der Waals surface area contributed by atoms with Crippen molar-refractivity contribution in [3.8, 4) is 11.3 Å². The molecule has 0 aliphatic carbocycles. The van der Waals surface area contributed by atoms with Crippen LogP contribution in [0.1, 0.15) is 28.9 Å². The van der Waals surface area contributed by atoms with E-state index >= 15 is 0 Å². The molecule has 0 spiro atoms. The molecule has 0 fully saturated rings. The van der Waals surface area contributed by atoms with Crippen LogP contribution in [-0.2, 0) is 7.05 Å². The van der Waals surface area contributed by atoms with Crippen molar-refractivity contribution in [3.63, 3.8) is 0 Å². The van der Waals surface area contributed by atoms with Crippen molar-refractivity contribution in [3.05, 3.63) is 100 Å². The number of carbonyl (C=O) groups is 1. The Balaban J connectivity index is 1.60. The van der Waals surface area contributed by atoms with Crippen LogP contribution in [0.2, 0.25) is 0 Å². The number of benzene rings is 3. The summed E-state index contributed by atoms with van der Waals surface area (Å²) in [5.41, 5.74) is 4.00. The van der Waals surface area contributed by atoms with Crippen LogP contribution in [0.5, 0.6) is 0 Å². The van der Waals surface area contributed by atoms with Gasteiger partial charge >= 0.3 is 0 Å². The molecule has 144 valence electrons. The highest BCUT2D eigenvalue weighted by molar-refractivity contribution is 5.95. The molecule has 0 aliphatic heterocycles. The van der Waals surface area contributed by atoms with E-state index in [0.717, 1.165) is 16.6 Å². The third-order valence-electron chi connectivity index (χ3n) is 5.05. The Morgan fingerprint density at radius 2 is 1.59 bits per heavy atom. The highest BCUT2D eigenvalue weighted by atomic mass is 16.1. The molecule has 1 aromatic heterocycles. The second-order valence-corrected chi connectivity index (χ2v) is 7.00. The van der Waals surface area contributed by atoms with E-state index in [9.17, 15) is 9.59 Å². The van der Waals surface area contributed by atoms with E-state index in [0.29, 0.717) is 16.8 Å². The maximum absolute atomic E-state index is 12.7. The minimum Gasteiger partial charge on any atom is -0.346 e. The number of hydrogen-bond donors (Lipinski definition) is 1. The Bertz CT molecular complexity index is 1230. The molecule has 1 heterocycles. The summed E-state index contributed by atoms with van der Waals surface area (Å²) >= 11 is 0. The Kier molecular flexibility index (Phi) is 4.96. The average molecular weight is 383 g/mol. The molecular weight excluding hydrogens is 362 g/mol. The smallest absolute Gasteiger partial charge is 0.277 e. The van der Waals surface area contributed by atoms with E-state index in [2.05, 4.69) is 10.3 Å². The molecule has 4 aromatic rings. The van der Waals surface area contributed by atoms with Crippen molar-refractivity contribution in [1.82, 2.24) is 14.9 Å². The van der Waals surface area contributed by atoms with Gasteiger partial charge in [0.2, 0.25) is 0 Å². The number of aryl methyl sites for hydroxylation is 1. The lowest BCUT2D eigenvalue weighted by Crippen LogP contribution is -2.26. The summed E-state index contributed by atoms with van der Waals surface area (Å²) in [5, 5.41) is 3.00. The highest BCUT2D eigenvalue weighted by Gasteiger charge is 2.14. The number of nitrogens with zero attached hydrogens (tertiary/aromatic N) is 2. The summed E-state index contributed by atoms with van der Waals surface area (Å²) in [6.07, 6.45) is 0. The lowest BCUT2D eigenvalue weighted by molar-refractivity contribution is 0.0940. The first-order chi connectivity index (χ1) is 14.0. The fourth-order valence-electron chi connectivity index (χ4n) is 3.35. The number of aromatic nitrogens is 2. The zero-order valence-electron chi connectivity index (χ0n) is 16.3. The van der Waals surface area contributed by atoms with Gasteiger partial charge in [-0.1, -0.05) is 54.6 Å². The lowest BCUT2D eigenvalue weighted by Gasteiger charge is -2.14. The van der Waals surface area contributed by atoms with Crippen LogP contribution in [0.3, 0.4) is 0 Å². The maximum atomic E-state index is 12.7. The van der Waals surface area contributed by atoms with Gasteiger partial charge in [-0.15, -0.1) is 0 Å². The molecule has 5 nitrogen and oxygen atoms in total. The molecule has 1 atom stereocenters. The van der Waals surface area contributed by atoms with Crippen molar-refractivity contribution in [2.75, 3.05) is 0 Å². The molecule has 1 unspecified atom stereocenters. The second kappa shape index (κ2) is 7.72. The molecule has 0 aliphatic rings. The van der Waals surface area contributed by atoms with E-state index in [1.54, 1.807) is 35.9 Å². The van der Waals surface area contributed by atoms with Crippen LogP contribution < -0.4 is 10.9 Å². The molecule has 0 radical (unpaired) electrons. The van der Waals surface area contributed by atoms with Gasteiger partial charge in [0.25, 0.3) is 11.5 Å². The number of carbonyl (C=O) groups excluding carboxylic acids is 1. The van der Waals surface area contributed by atoms with Gasteiger partial charge in [-0.2, -0.15) is 0 Å². The minimum atomic E-state index is -0.168. The van der Waals surface area contributed by atoms with Crippen molar-refractivity contribution in [1.29, 1.82) is 0 Å². The van der Waals surface area contributed by atoms with Crippen LogP contribution in [0, 0.1) is 0 Å². The Morgan fingerprint density at radius 3 is 2.31 bits per heavy atom. The van der Waals surface area contributed by atoms with E-state index < -0.39 is 0 Å². The third kappa shape index (κ3) is 3.67. The predicted molar refractivity (Wildman–Crippen MR) is 115 cm³/mol. The summed E-state index contributed by atoms with van der Waals surface area (Å²) in [6, 6.07) is 24.2. The summed E-state index contributed by atoms with van der Waals surface area (Å²) in [5.74, 6) is -0.160. The van der Waals surface area contributed by atoms with E-state index in [1.165, 1.54) is 0 Å². The van der Waals surface area contributed by atoms with Crippen LogP contribution in [0.15, 0.2) is 83.7 Å². The Morgan fingerprint density at radius 1 is 0.931 bits per heavy atom. The molecule has 5 heteroatoms. The molecule has 1 N–H and O–H groups in total. The Labute approximate surface area is 168 Å². The summed E-state index contributed by atoms with van der Waals surface area (Å²) in [4.78, 5) is 29.8.